The third-order valence-corrected chi connectivity index (χ3v) is 3.11. The molecule has 78 valence electrons. The normalized spacial score (nSPS) is 11.8. The van der Waals surface area contributed by atoms with Crippen LogP contribution in [0.1, 0.15) is 19.4 Å². The van der Waals surface area contributed by atoms with Crippen LogP contribution in [0.25, 0.3) is 0 Å². The maximum atomic E-state index is 6.08. The van der Waals surface area contributed by atoms with Gasteiger partial charge in [0.05, 0.1) is 10.0 Å². The molecule has 0 aromatic heterocycles. The number of hydrogen-bond donors (Lipinski definition) is 1. The highest BCUT2D eigenvalue weighted by Gasteiger charge is 2.18. The molecule has 0 saturated heterocycles. The van der Waals surface area contributed by atoms with Gasteiger partial charge in [-0.2, -0.15) is 0 Å². The smallest absolute Gasteiger partial charge is 0.0624 e. The van der Waals surface area contributed by atoms with Gasteiger partial charge in [-0.1, -0.05) is 49.2 Å². The first kappa shape index (κ1) is 11.8. The van der Waals surface area contributed by atoms with Gasteiger partial charge in [-0.25, -0.2) is 0 Å². The molecule has 0 bridgehead atoms. The molecule has 0 aliphatic carbocycles. The maximum absolute atomic E-state index is 6.08. The molecule has 0 atom stereocenters. The number of nitrogens with two attached hydrogens (primary N) is 1. The molecule has 1 rings (SSSR count). The second-order valence-electron chi connectivity index (χ2n) is 4.26. The lowest BCUT2D eigenvalue weighted by Gasteiger charge is -2.23. The topological polar surface area (TPSA) is 26.0 Å². The lowest BCUT2D eigenvalue weighted by atomic mass is 9.86. The van der Waals surface area contributed by atoms with E-state index in [2.05, 4.69) is 13.8 Å². The molecule has 1 nitrogen and oxygen atoms in total. The van der Waals surface area contributed by atoms with Crippen LogP contribution >= 0.6 is 23.2 Å². The first-order valence-corrected chi connectivity index (χ1v) is 5.35. The molecule has 0 saturated carbocycles. The fraction of sp³-hybridized carbons (Fsp3) is 0.455. The largest absolute Gasteiger partial charge is 0.330 e. The van der Waals surface area contributed by atoms with E-state index >= 15 is 0 Å². The van der Waals surface area contributed by atoms with Crippen molar-refractivity contribution >= 4 is 23.2 Å². The summed E-state index contributed by atoms with van der Waals surface area (Å²) in [7, 11) is 0. The summed E-state index contributed by atoms with van der Waals surface area (Å²) in [4.78, 5) is 0. The van der Waals surface area contributed by atoms with Crippen LogP contribution in [0.5, 0.6) is 0 Å². The van der Waals surface area contributed by atoms with Crippen molar-refractivity contribution in [2.75, 3.05) is 6.54 Å². The Morgan fingerprint density at radius 1 is 1.29 bits per heavy atom. The summed E-state index contributed by atoms with van der Waals surface area (Å²) in [5.74, 6) is 0. The van der Waals surface area contributed by atoms with E-state index in [-0.39, 0.29) is 5.41 Å². The molecular weight excluding hydrogens is 217 g/mol. The van der Waals surface area contributed by atoms with Gasteiger partial charge in [0, 0.05) is 0 Å². The SMILES string of the molecule is CC(C)(CN)Cc1cccc(Cl)c1Cl. The van der Waals surface area contributed by atoms with Crippen molar-refractivity contribution in [2.24, 2.45) is 11.1 Å². The molecular formula is C11H15Cl2N. The fourth-order valence-corrected chi connectivity index (χ4v) is 1.66. The van der Waals surface area contributed by atoms with Gasteiger partial charge in [0.15, 0.2) is 0 Å². The first-order chi connectivity index (χ1) is 6.46. The van der Waals surface area contributed by atoms with E-state index in [9.17, 15) is 0 Å². The molecule has 3 heteroatoms. The summed E-state index contributed by atoms with van der Waals surface area (Å²) >= 11 is 12.0. The quantitative estimate of drug-likeness (QED) is 0.847. The monoisotopic (exact) mass is 231 g/mol. The molecule has 2 N–H and O–H groups in total. The molecule has 0 amide bonds. The number of hydrogen-bond acceptors (Lipinski definition) is 1. The zero-order chi connectivity index (χ0) is 10.8. The predicted octanol–water partition coefficient (Wildman–Crippen LogP) is 3.52. The van der Waals surface area contributed by atoms with Crippen LogP contribution in [0.3, 0.4) is 0 Å². The summed E-state index contributed by atoms with van der Waals surface area (Å²) in [5.41, 5.74) is 6.79. The summed E-state index contributed by atoms with van der Waals surface area (Å²) in [6.07, 6.45) is 0.850. The molecule has 1 aromatic rings. The number of benzene rings is 1. The van der Waals surface area contributed by atoms with Crippen molar-refractivity contribution in [1.82, 2.24) is 0 Å². The van der Waals surface area contributed by atoms with Crippen molar-refractivity contribution in [3.05, 3.63) is 33.8 Å². The summed E-state index contributed by atoms with van der Waals surface area (Å²) in [5, 5.41) is 1.26. The first-order valence-electron chi connectivity index (χ1n) is 4.59. The lowest BCUT2D eigenvalue weighted by molar-refractivity contribution is 0.377. The van der Waals surface area contributed by atoms with Crippen LogP contribution in [-0.2, 0) is 6.42 Å². The standard InChI is InChI=1S/C11H15Cl2N/c1-11(2,7-14)6-8-4-3-5-9(12)10(8)13/h3-5H,6-7,14H2,1-2H3. The Bertz CT molecular complexity index is 321. The zero-order valence-corrected chi connectivity index (χ0v) is 9.99. The van der Waals surface area contributed by atoms with Gasteiger partial charge >= 0.3 is 0 Å². The Morgan fingerprint density at radius 2 is 1.93 bits per heavy atom. The highest BCUT2D eigenvalue weighted by atomic mass is 35.5. The van der Waals surface area contributed by atoms with Crippen LogP contribution in [0.2, 0.25) is 10.0 Å². The summed E-state index contributed by atoms with van der Waals surface area (Å²) in [6, 6.07) is 5.70. The van der Waals surface area contributed by atoms with Crippen LogP contribution in [0, 0.1) is 5.41 Å². The van der Waals surface area contributed by atoms with Gasteiger partial charge < -0.3 is 5.73 Å². The fourth-order valence-electron chi connectivity index (χ4n) is 1.27. The van der Waals surface area contributed by atoms with Gasteiger partial charge in [-0.15, -0.1) is 0 Å². The molecule has 0 spiro atoms. The Kier molecular flexibility index (Phi) is 3.82. The van der Waals surface area contributed by atoms with Gasteiger partial charge in [-0.3, -0.25) is 0 Å². The summed E-state index contributed by atoms with van der Waals surface area (Å²) < 4.78 is 0. The van der Waals surface area contributed by atoms with E-state index in [1.54, 1.807) is 6.07 Å². The van der Waals surface area contributed by atoms with E-state index in [4.69, 9.17) is 28.9 Å². The number of halogens is 2. The molecule has 1 aromatic carbocycles. The lowest BCUT2D eigenvalue weighted by Crippen LogP contribution is -2.26. The molecule has 0 radical (unpaired) electrons. The average Bonchev–Trinajstić information content (AvgIpc) is 2.13. The Balaban J connectivity index is 2.92. The van der Waals surface area contributed by atoms with E-state index in [0.29, 0.717) is 16.6 Å². The van der Waals surface area contributed by atoms with Gasteiger partial charge in [0.25, 0.3) is 0 Å². The van der Waals surface area contributed by atoms with Crippen molar-refractivity contribution in [1.29, 1.82) is 0 Å². The highest BCUT2D eigenvalue weighted by molar-refractivity contribution is 6.42. The third-order valence-electron chi connectivity index (χ3n) is 2.25. The van der Waals surface area contributed by atoms with Crippen LogP contribution < -0.4 is 5.73 Å². The average molecular weight is 232 g/mol. The van der Waals surface area contributed by atoms with Gasteiger partial charge in [0.1, 0.15) is 0 Å². The number of rotatable bonds is 3. The minimum absolute atomic E-state index is 0.0638. The van der Waals surface area contributed by atoms with E-state index in [1.165, 1.54) is 0 Å². The highest BCUT2D eigenvalue weighted by Crippen LogP contribution is 2.30. The molecule has 0 heterocycles. The molecule has 0 aliphatic rings. The zero-order valence-electron chi connectivity index (χ0n) is 8.48. The minimum Gasteiger partial charge on any atom is -0.330 e. The molecule has 14 heavy (non-hydrogen) atoms. The second kappa shape index (κ2) is 4.52. The minimum atomic E-state index is 0.0638. The van der Waals surface area contributed by atoms with Crippen molar-refractivity contribution in [2.45, 2.75) is 20.3 Å². The third kappa shape index (κ3) is 2.88. The van der Waals surface area contributed by atoms with Gasteiger partial charge in [0.2, 0.25) is 0 Å². The Morgan fingerprint density at radius 3 is 2.50 bits per heavy atom. The predicted molar refractivity (Wildman–Crippen MR) is 63.0 cm³/mol. The maximum Gasteiger partial charge on any atom is 0.0624 e. The van der Waals surface area contributed by atoms with Crippen LogP contribution in [-0.4, -0.2) is 6.54 Å². The molecule has 0 fully saturated rings. The van der Waals surface area contributed by atoms with E-state index in [1.807, 2.05) is 12.1 Å². The van der Waals surface area contributed by atoms with Gasteiger partial charge in [-0.05, 0) is 30.0 Å². The van der Waals surface area contributed by atoms with E-state index < -0.39 is 0 Å². The van der Waals surface area contributed by atoms with Crippen LogP contribution in [0.15, 0.2) is 18.2 Å². The Hall–Kier alpha value is -0.240. The molecule has 0 aliphatic heterocycles. The molecule has 0 unspecified atom stereocenters. The second-order valence-corrected chi connectivity index (χ2v) is 5.04. The van der Waals surface area contributed by atoms with Crippen molar-refractivity contribution in [3.8, 4) is 0 Å². The van der Waals surface area contributed by atoms with Crippen molar-refractivity contribution < 1.29 is 0 Å². The summed E-state index contributed by atoms with van der Waals surface area (Å²) in [6.45, 7) is 4.87. The van der Waals surface area contributed by atoms with E-state index in [0.717, 1.165) is 12.0 Å². The Labute approximate surface area is 95.2 Å². The van der Waals surface area contributed by atoms with Crippen molar-refractivity contribution in [3.63, 3.8) is 0 Å². The van der Waals surface area contributed by atoms with Crippen LogP contribution in [0.4, 0.5) is 0 Å².